The van der Waals surface area contributed by atoms with Crippen molar-refractivity contribution in [1.82, 2.24) is 10.7 Å². The van der Waals surface area contributed by atoms with Gasteiger partial charge in [-0.3, -0.25) is 14.4 Å². The first-order valence-corrected chi connectivity index (χ1v) is 10.4. The minimum absolute atomic E-state index is 0.105. The van der Waals surface area contributed by atoms with Gasteiger partial charge in [0, 0.05) is 12.2 Å². The Balaban J connectivity index is 1.44. The van der Waals surface area contributed by atoms with Crippen LogP contribution in [0.4, 0.5) is 10.1 Å². The molecule has 0 aromatic heterocycles. The molecular weight excluding hydrogens is 463 g/mol. The second kappa shape index (κ2) is 12.1. The summed E-state index contributed by atoms with van der Waals surface area (Å²) in [5.74, 6) is -2.39. The van der Waals surface area contributed by atoms with Crippen LogP contribution in [0.1, 0.15) is 11.1 Å². The molecule has 34 heavy (non-hydrogen) atoms. The van der Waals surface area contributed by atoms with E-state index in [2.05, 4.69) is 21.2 Å². The van der Waals surface area contributed by atoms with Gasteiger partial charge in [-0.2, -0.15) is 5.10 Å². The molecule has 3 amide bonds. The van der Waals surface area contributed by atoms with Crippen LogP contribution >= 0.6 is 11.6 Å². The molecule has 0 aliphatic carbocycles. The van der Waals surface area contributed by atoms with Crippen LogP contribution < -0.4 is 20.8 Å². The van der Waals surface area contributed by atoms with E-state index in [0.29, 0.717) is 17.0 Å². The van der Waals surface area contributed by atoms with E-state index < -0.39 is 23.5 Å². The summed E-state index contributed by atoms with van der Waals surface area (Å²) < 4.78 is 18.6. The van der Waals surface area contributed by atoms with E-state index in [-0.39, 0.29) is 18.2 Å². The predicted octanol–water partition coefficient (Wildman–Crippen LogP) is 3.26. The fourth-order valence-corrected chi connectivity index (χ4v) is 2.86. The van der Waals surface area contributed by atoms with Gasteiger partial charge in [-0.25, -0.2) is 9.82 Å². The summed E-state index contributed by atoms with van der Waals surface area (Å²) in [6.07, 6.45) is 1.33. The number of anilines is 1. The maximum atomic E-state index is 13.2. The number of hydrazone groups is 1. The van der Waals surface area contributed by atoms with Gasteiger partial charge in [0.2, 0.25) is 0 Å². The van der Waals surface area contributed by atoms with Crippen molar-refractivity contribution in [3.63, 3.8) is 0 Å². The van der Waals surface area contributed by atoms with Crippen LogP contribution in [0.5, 0.6) is 5.75 Å². The molecule has 0 aliphatic rings. The van der Waals surface area contributed by atoms with Gasteiger partial charge in [0.25, 0.3) is 5.91 Å². The summed E-state index contributed by atoms with van der Waals surface area (Å²) in [7, 11) is 0. The minimum Gasteiger partial charge on any atom is -0.484 e. The van der Waals surface area contributed by atoms with Crippen molar-refractivity contribution < 1.29 is 23.5 Å². The molecule has 3 aromatic carbocycles. The Kier molecular flexibility index (Phi) is 8.70. The lowest BCUT2D eigenvalue weighted by molar-refractivity contribution is -0.139. The predicted molar refractivity (Wildman–Crippen MR) is 126 cm³/mol. The summed E-state index contributed by atoms with van der Waals surface area (Å²) >= 11 is 5.69. The van der Waals surface area contributed by atoms with Crippen LogP contribution in [-0.4, -0.2) is 30.5 Å². The number of rotatable bonds is 8. The van der Waals surface area contributed by atoms with Crippen LogP contribution in [0.2, 0.25) is 5.02 Å². The van der Waals surface area contributed by atoms with Crippen LogP contribution in [0.25, 0.3) is 0 Å². The Labute approximate surface area is 199 Å². The lowest BCUT2D eigenvalue weighted by Crippen LogP contribution is -2.37. The van der Waals surface area contributed by atoms with Crippen molar-refractivity contribution in [2.75, 3.05) is 11.9 Å². The summed E-state index contributed by atoms with van der Waals surface area (Å²) in [5, 5.41) is 8.70. The third-order valence-corrected chi connectivity index (χ3v) is 4.60. The molecule has 3 N–H and O–H groups in total. The van der Waals surface area contributed by atoms with Crippen LogP contribution in [0.15, 0.2) is 77.9 Å². The fourth-order valence-electron chi connectivity index (χ4n) is 2.68. The first kappa shape index (κ1) is 24.4. The lowest BCUT2D eigenvalue weighted by Gasteiger charge is -2.08. The number of benzene rings is 3. The standard InChI is InChI=1S/C24H20ClFN4O4/c25-20-12-18(9-10-21(20)26)29-22(31)15-34-19-8-4-7-17(11-19)14-28-30-24(33)23(32)27-13-16-5-2-1-3-6-16/h1-12,14H,13,15H2,(H,27,32)(H,29,31)(H,30,33)/b28-14-. The molecular formula is C24H20ClFN4O4. The summed E-state index contributed by atoms with van der Waals surface area (Å²) in [6, 6.07) is 19.6. The minimum atomic E-state index is -0.905. The van der Waals surface area contributed by atoms with E-state index >= 15 is 0 Å². The van der Waals surface area contributed by atoms with Gasteiger partial charge in [-0.05, 0) is 41.5 Å². The fraction of sp³-hybridized carbons (Fsp3) is 0.0833. The number of hydrogen-bond donors (Lipinski definition) is 3. The van der Waals surface area contributed by atoms with E-state index in [9.17, 15) is 18.8 Å². The third kappa shape index (κ3) is 7.72. The van der Waals surface area contributed by atoms with Gasteiger partial charge in [0.1, 0.15) is 11.6 Å². The second-order valence-corrected chi connectivity index (χ2v) is 7.31. The largest absolute Gasteiger partial charge is 0.484 e. The SMILES string of the molecule is O=C(COc1cccc(/C=N\NC(=O)C(=O)NCc2ccccc2)c1)Nc1ccc(F)c(Cl)c1. The number of nitrogens with zero attached hydrogens (tertiary/aromatic N) is 1. The van der Waals surface area contributed by atoms with Crippen molar-refractivity contribution in [2.24, 2.45) is 5.10 Å². The highest BCUT2D eigenvalue weighted by atomic mass is 35.5. The summed E-state index contributed by atoms with van der Waals surface area (Å²) in [5.41, 5.74) is 3.91. The molecule has 0 bridgehead atoms. The number of amides is 3. The second-order valence-electron chi connectivity index (χ2n) is 6.91. The Morgan fingerprint density at radius 3 is 2.53 bits per heavy atom. The number of ether oxygens (including phenoxy) is 1. The number of carbonyl (C=O) groups excluding carboxylic acids is 3. The van der Waals surface area contributed by atoms with Gasteiger partial charge in [0.05, 0.1) is 11.2 Å². The summed E-state index contributed by atoms with van der Waals surface area (Å²) in [6.45, 7) is -0.0775. The van der Waals surface area contributed by atoms with Crippen molar-refractivity contribution in [2.45, 2.75) is 6.54 Å². The maximum Gasteiger partial charge on any atom is 0.329 e. The molecule has 0 atom stereocenters. The number of nitrogens with one attached hydrogen (secondary N) is 3. The molecule has 3 aromatic rings. The normalized spacial score (nSPS) is 10.5. The van der Waals surface area contributed by atoms with Gasteiger partial charge in [-0.1, -0.05) is 54.1 Å². The molecule has 0 aliphatic heterocycles. The molecule has 174 valence electrons. The Morgan fingerprint density at radius 2 is 1.76 bits per heavy atom. The van der Waals surface area contributed by atoms with Gasteiger partial charge in [0.15, 0.2) is 6.61 Å². The zero-order valence-electron chi connectivity index (χ0n) is 17.8. The van der Waals surface area contributed by atoms with Crippen molar-refractivity contribution in [3.8, 4) is 5.75 Å². The molecule has 0 saturated carbocycles. The van der Waals surface area contributed by atoms with Crippen molar-refractivity contribution in [3.05, 3.63) is 94.8 Å². The molecule has 0 radical (unpaired) electrons. The third-order valence-electron chi connectivity index (χ3n) is 4.31. The molecule has 0 unspecified atom stereocenters. The summed E-state index contributed by atoms with van der Waals surface area (Å²) in [4.78, 5) is 35.7. The number of halogens is 2. The highest BCUT2D eigenvalue weighted by molar-refractivity contribution is 6.35. The van der Waals surface area contributed by atoms with E-state index in [1.165, 1.54) is 18.3 Å². The van der Waals surface area contributed by atoms with Gasteiger partial charge >= 0.3 is 11.8 Å². The van der Waals surface area contributed by atoms with Crippen LogP contribution in [0.3, 0.4) is 0 Å². The number of hydrogen-bond acceptors (Lipinski definition) is 5. The average molecular weight is 483 g/mol. The first-order chi connectivity index (χ1) is 16.4. The monoisotopic (exact) mass is 482 g/mol. The van der Waals surface area contributed by atoms with E-state index in [4.69, 9.17) is 16.3 Å². The topological polar surface area (TPSA) is 109 Å². The Morgan fingerprint density at radius 1 is 0.971 bits per heavy atom. The molecule has 10 heteroatoms. The Hall–Kier alpha value is -4.24. The molecule has 8 nitrogen and oxygen atoms in total. The average Bonchev–Trinajstić information content (AvgIpc) is 2.84. The molecule has 3 rings (SSSR count). The zero-order valence-corrected chi connectivity index (χ0v) is 18.5. The van der Waals surface area contributed by atoms with E-state index in [0.717, 1.165) is 11.6 Å². The molecule has 0 fully saturated rings. The highest BCUT2D eigenvalue weighted by Crippen LogP contribution is 2.19. The number of carbonyl (C=O) groups is 3. The molecule has 0 heterocycles. The van der Waals surface area contributed by atoms with Crippen molar-refractivity contribution in [1.29, 1.82) is 0 Å². The van der Waals surface area contributed by atoms with Crippen LogP contribution in [-0.2, 0) is 20.9 Å². The smallest absolute Gasteiger partial charge is 0.329 e. The molecule has 0 saturated heterocycles. The Bertz CT molecular complexity index is 1200. The highest BCUT2D eigenvalue weighted by Gasteiger charge is 2.12. The lowest BCUT2D eigenvalue weighted by atomic mass is 10.2. The zero-order chi connectivity index (χ0) is 24.3. The van der Waals surface area contributed by atoms with E-state index in [1.807, 2.05) is 30.3 Å². The van der Waals surface area contributed by atoms with Crippen molar-refractivity contribution >= 4 is 41.2 Å². The first-order valence-electron chi connectivity index (χ1n) is 10.0. The maximum absolute atomic E-state index is 13.2. The van der Waals surface area contributed by atoms with Gasteiger partial charge < -0.3 is 15.4 Å². The quantitative estimate of drug-likeness (QED) is 0.260. The van der Waals surface area contributed by atoms with E-state index in [1.54, 1.807) is 24.3 Å². The van der Waals surface area contributed by atoms with Crippen LogP contribution in [0, 0.1) is 5.82 Å². The van der Waals surface area contributed by atoms with Gasteiger partial charge in [-0.15, -0.1) is 0 Å². The molecule has 0 spiro atoms.